The molecule has 0 radical (unpaired) electrons. The molecule has 1 N–H and O–H groups in total. The molecule has 0 aliphatic heterocycles. The summed E-state index contributed by atoms with van der Waals surface area (Å²) in [6, 6.07) is 0. The Balaban J connectivity index is 2.18. The summed E-state index contributed by atoms with van der Waals surface area (Å²) in [5.74, 6) is 0.484. The summed E-state index contributed by atoms with van der Waals surface area (Å²) in [5.41, 5.74) is -0.207. The first-order valence-electron chi connectivity index (χ1n) is 6.95. The highest BCUT2D eigenvalue weighted by Gasteiger charge is 2.44. The highest BCUT2D eigenvalue weighted by Crippen LogP contribution is 2.40. The molecule has 0 heterocycles. The molecular weight excluding hydrogens is 214 g/mol. The van der Waals surface area contributed by atoms with Gasteiger partial charge in [0.2, 0.25) is 5.91 Å². The van der Waals surface area contributed by atoms with Gasteiger partial charge in [-0.05, 0) is 25.7 Å². The van der Waals surface area contributed by atoms with E-state index in [1.54, 1.807) is 6.92 Å². The Kier molecular flexibility index (Phi) is 3.85. The van der Waals surface area contributed by atoms with Gasteiger partial charge in [0.25, 0.3) is 0 Å². The lowest BCUT2D eigenvalue weighted by Crippen LogP contribution is -2.57. The molecule has 2 saturated carbocycles. The van der Waals surface area contributed by atoms with Crippen LogP contribution in [0.1, 0.15) is 64.7 Å². The first-order chi connectivity index (χ1) is 8.14. The first kappa shape index (κ1) is 12.6. The van der Waals surface area contributed by atoms with Crippen molar-refractivity contribution in [3.63, 3.8) is 0 Å². The number of carbonyl (C=O) groups excluding carboxylic acids is 2. The molecule has 0 spiro atoms. The average Bonchev–Trinajstić information content (AvgIpc) is 2.29. The Morgan fingerprint density at radius 1 is 1.18 bits per heavy atom. The van der Waals surface area contributed by atoms with Gasteiger partial charge in [-0.15, -0.1) is 0 Å². The maximum atomic E-state index is 12.1. The number of ketones is 1. The van der Waals surface area contributed by atoms with E-state index in [0.29, 0.717) is 12.2 Å². The van der Waals surface area contributed by atoms with Crippen LogP contribution in [0.5, 0.6) is 0 Å². The molecule has 2 aliphatic rings. The predicted molar refractivity (Wildman–Crippen MR) is 66.6 cm³/mol. The number of hydrogen-bond acceptors (Lipinski definition) is 2. The van der Waals surface area contributed by atoms with Crippen molar-refractivity contribution in [3.8, 4) is 0 Å². The lowest BCUT2D eigenvalue weighted by Gasteiger charge is -2.44. The molecule has 17 heavy (non-hydrogen) atoms. The minimum atomic E-state index is -0.207. The van der Waals surface area contributed by atoms with Gasteiger partial charge in [-0.1, -0.05) is 25.7 Å². The number of carbonyl (C=O) groups is 2. The number of Topliss-reactive ketones (excluding diaryl/α,β-unsaturated/α-hetero) is 1. The lowest BCUT2D eigenvalue weighted by molar-refractivity contribution is -0.131. The number of rotatable bonds is 2. The van der Waals surface area contributed by atoms with E-state index in [4.69, 9.17) is 0 Å². The quantitative estimate of drug-likeness (QED) is 0.802. The summed E-state index contributed by atoms with van der Waals surface area (Å²) in [6.07, 6.45) is 9.36. The van der Waals surface area contributed by atoms with E-state index in [0.717, 1.165) is 44.9 Å². The molecule has 0 bridgehead atoms. The molecule has 0 aromatic carbocycles. The largest absolute Gasteiger partial charge is 0.350 e. The van der Waals surface area contributed by atoms with E-state index in [1.165, 1.54) is 6.42 Å². The first-order valence-corrected chi connectivity index (χ1v) is 6.95. The van der Waals surface area contributed by atoms with Crippen molar-refractivity contribution < 1.29 is 9.59 Å². The van der Waals surface area contributed by atoms with Crippen LogP contribution in [0.2, 0.25) is 0 Å². The molecule has 1 amide bonds. The zero-order valence-electron chi connectivity index (χ0n) is 10.8. The summed E-state index contributed by atoms with van der Waals surface area (Å²) in [6.45, 7) is 1.57. The van der Waals surface area contributed by atoms with Crippen molar-refractivity contribution in [2.24, 2.45) is 5.92 Å². The zero-order chi connectivity index (χ0) is 12.3. The fourth-order valence-corrected chi connectivity index (χ4v) is 3.66. The molecule has 1 atom stereocenters. The molecule has 96 valence electrons. The standard InChI is InChI=1S/C14H23NO2/c1-11(16)15-14(9-5-2-6-10-14)12-7-3-4-8-13(12)17/h12H,2-10H2,1H3,(H,15,16)/t12-/m1/s1. The van der Waals surface area contributed by atoms with E-state index >= 15 is 0 Å². The van der Waals surface area contributed by atoms with Gasteiger partial charge in [-0.2, -0.15) is 0 Å². The van der Waals surface area contributed by atoms with Crippen LogP contribution in [0.25, 0.3) is 0 Å². The van der Waals surface area contributed by atoms with Gasteiger partial charge in [-0.3, -0.25) is 9.59 Å². The third kappa shape index (κ3) is 2.70. The summed E-state index contributed by atoms with van der Waals surface area (Å²) < 4.78 is 0. The topological polar surface area (TPSA) is 46.2 Å². The van der Waals surface area contributed by atoms with E-state index < -0.39 is 0 Å². The minimum Gasteiger partial charge on any atom is -0.350 e. The molecule has 0 aromatic heterocycles. The van der Waals surface area contributed by atoms with Crippen LogP contribution in [-0.2, 0) is 9.59 Å². The molecule has 2 fully saturated rings. The van der Waals surface area contributed by atoms with Crippen molar-refractivity contribution in [2.45, 2.75) is 70.3 Å². The van der Waals surface area contributed by atoms with Crippen LogP contribution < -0.4 is 5.32 Å². The molecule has 2 rings (SSSR count). The maximum absolute atomic E-state index is 12.1. The molecule has 0 unspecified atom stereocenters. The molecule has 0 aromatic rings. The molecule has 3 nitrogen and oxygen atoms in total. The van der Waals surface area contributed by atoms with E-state index in [9.17, 15) is 9.59 Å². The van der Waals surface area contributed by atoms with Crippen LogP contribution in [0, 0.1) is 5.92 Å². The molecular formula is C14H23NO2. The van der Waals surface area contributed by atoms with Crippen LogP contribution in [0.15, 0.2) is 0 Å². The highest BCUT2D eigenvalue weighted by molar-refractivity contribution is 5.84. The molecule has 3 heteroatoms. The van der Waals surface area contributed by atoms with Gasteiger partial charge in [0.1, 0.15) is 5.78 Å². The van der Waals surface area contributed by atoms with Gasteiger partial charge in [-0.25, -0.2) is 0 Å². The van der Waals surface area contributed by atoms with Crippen molar-refractivity contribution in [2.75, 3.05) is 0 Å². The Hall–Kier alpha value is -0.860. The fourth-order valence-electron chi connectivity index (χ4n) is 3.66. The smallest absolute Gasteiger partial charge is 0.217 e. The average molecular weight is 237 g/mol. The normalized spacial score (nSPS) is 28.8. The number of hydrogen-bond donors (Lipinski definition) is 1. The highest BCUT2D eigenvalue weighted by atomic mass is 16.1. The van der Waals surface area contributed by atoms with Crippen molar-refractivity contribution in [1.29, 1.82) is 0 Å². The van der Waals surface area contributed by atoms with Crippen LogP contribution in [0.3, 0.4) is 0 Å². The van der Waals surface area contributed by atoms with Crippen molar-refractivity contribution in [3.05, 3.63) is 0 Å². The monoisotopic (exact) mass is 237 g/mol. The lowest BCUT2D eigenvalue weighted by atomic mass is 9.67. The molecule has 0 saturated heterocycles. The SMILES string of the molecule is CC(=O)NC1([C@@H]2CCCCC2=O)CCCCC1. The molecule has 2 aliphatic carbocycles. The fraction of sp³-hybridized carbons (Fsp3) is 0.857. The maximum Gasteiger partial charge on any atom is 0.217 e. The van der Waals surface area contributed by atoms with Gasteiger partial charge < -0.3 is 5.32 Å². The Labute approximate surface area is 103 Å². The van der Waals surface area contributed by atoms with Crippen LogP contribution in [-0.4, -0.2) is 17.2 Å². The van der Waals surface area contributed by atoms with E-state index in [2.05, 4.69) is 5.32 Å². The van der Waals surface area contributed by atoms with Crippen molar-refractivity contribution >= 4 is 11.7 Å². The van der Waals surface area contributed by atoms with Gasteiger partial charge in [0, 0.05) is 24.8 Å². The number of amides is 1. The Bertz CT molecular complexity index is 305. The van der Waals surface area contributed by atoms with Crippen LogP contribution >= 0.6 is 0 Å². The van der Waals surface area contributed by atoms with Crippen molar-refractivity contribution in [1.82, 2.24) is 5.32 Å². The Morgan fingerprint density at radius 2 is 1.88 bits per heavy atom. The Morgan fingerprint density at radius 3 is 2.47 bits per heavy atom. The van der Waals surface area contributed by atoms with E-state index in [1.807, 2.05) is 0 Å². The number of nitrogens with one attached hydrogen (secondary N) is 1. The second-order valence-corrected chi connectivity index (χ2v) is 5.66. The summed E-state index contributed by atoms with van der Waals surface area (Å²) >= 11 is 0. The second kappa shape index (κ2) is 5.19. The van der Waals surface area contributed by atoms with Crippen LogP contribution in [0.4, 0.5) is 0 Å². The zero-order valence-corrected chi connectivity index (χ0v) is 10.8. The predicted octanol–water partition coefficient (Wildman–Crippen LogP) is 2.58. The summed E-state index contributed by atoms with van der Waals surface area (Å²) in [4.78, 5) is 23.6. The van der Waals surface area contributed by atoms with Gasteiger partial charge >= 0.3 is 0 Å². The third-order valence-corrected chi connectivity index (χ3v) is 4.39. The summed E-state index contributed by atoms with van der Waals surface area (Å²) in [7, 11) is 0. The van der Waals surface area contributed by atoms with Gasteiger partial charge in [0.05, 0.1) is 0 Å². The summed E-state index contributed by atoms with van der Waals surface area (Å²) in [5, 5.41) is 3.14. The van der Waals surface area contributed by atoms with Gasteiger partial charge in [0.15, 0.2) is 0 Å². The minimum absolute atomic E-state index is 0.0188. The van der Waals surface area contributed by atoms with E-state index in [-0.39, 0.29) is 17.4 Å². The third-order valence-electron chi connectivity index (χ3n) is 4.39. The second-order valence-electron chi connectivity index (χ2n) is 5.66.